The molecule has 4 heteroatoms. The Balaban J connectivity index is 1.80. The van der Waals surface area contributed by atoms with Gasteiger partial charge in [0.15, 0.2) is 0 Å². The van der Waals surface area contributed by atoms with Gasteiger partial charge in [-0.05, 0) is 48.4 Å². The van der Waals surface area contributed by atoms with Crippen LogP contribution in [0.2, 0.25) is 0 Å². The summed E-state index contributed by atoms with van der Waals surface area (Å²) in [5, 5.41) is 3.38. The quantitative estimate of drug-likeness (QED) is 0.846. The average Bonchev–Trinajstić information content (AvgIpc) is 2.48. The highest BCUT2D eigenvalue weighted by molar-refractivity contribution is 5.22. The molecule has 0 aliphatic rings. The second-order valence-electron chi connectivity index (χ2n) is 5.43. The third-order valence-corrected chi connectivity index (χ3v) is 2.97. The molecule has 0 saturated carbocycles. The van der Waals surface area contributed by atoms with Gasteiger partial charge in [0.25, 0.3) is 0 Å². The summed E-state index contributed by atoms with van der Waals surface area (Å²) in [6.45, 7) is 6.56. The minimum absolute atomic E-state index is 0.265. The van der Waals surface area contributed by atoms with E-state index in [-0.39, 0.29) is 5.82 Å². The molecule has 0 unspecified atom stereocenters. The maximum Gasteiger partial charge on any atom is 0.130 e. The van der Waals surface area contributed by atoms with Crippen molar-refractivity contribution in [3.8, 4) is 5.75 Å². The molecule has 0 saturated heterocycles. The summed E-state index contributed by atoms with van der Waals surface area (Å²) in [6, 6.07) is 9.98. The molecule has 2 aromatic rings. The molecule has 3 nitrogen and oxygen atoms in total. The average molecular weight is 288 g/mol. The third kappa shape index (κ3) is 5.52. The lowest BCUT2D eigenvalue weighted by atomic mass is 10.2. The van der Waals surface area contributed by atoms with Crippen LogP contribution in [0.5, 0.6) is 5.75 Å². The van der Waals surface area contributed by atoms with Crippen molar-refractivity contribution in [1.82, 2.24) is 10.3 Å². The van der Waals surface area contributed by atoms with Gasteiger partial charge in [-0.25, -0.2) is 4.39 Å². The Labute approximate surface area is 125 Å². The van der Waals surface area contributed by atoms with Gasteiger partial charge in [0, 0.05) is 12.7 Å². The Kier molecular flexibility index (Phi) is 5.69. The fourth-order valence-electron chi connectivity index (χ4n) is 1.84. The van der Waals surface area contributed by atoms with Crippen LogP contribution in [-0.4, -0.2) is 11.5 Å². The first kappa shape index (κ1) is 15.4. The van der Waals surface area contributed by atoms with Crippen molar-refractivity contribution in [3.05, 3.63) is 59.7 Å². The molecule has 2 rings (SSSR count). The molecule has 0 bridgehead atoms. The maximum atomic E-state index is 12.8. The van der Waals surface area contributed by atoms with Crippen LogP contribution in [-0.2, 0) is 13.2 Å². The van der Waals surface area contributed by atoms with Crippen molar-refractivity contribution in [1.29, 1.82) is 0 Å². The minimum atomic E-state index is -0.265. The molecular formula is C17H21FN2O. The zero-order chi connectivity index (χ0) is 15.1. The Morgan fingerprint density at radius 2 is 1.90 bits per heavy atom. The standard InChI is InChI=1S/C17H21FN2O/c1-13(2)9-19-10-14-3-6-16(20-11-14)12-21-17-7-4-15(18)5-8-17/h3-8,11,13,19H,9-10,12H2,1-2H3. The van der Waals surface area contributed by atoms with Crippen molar-refractivity contribution in [2.75, 3.05) is 6.54 Å². The Morgan fingerprint density at radius 3 is 2.52 bits per heavy atom. The molecule has 0 spiro atoms. The van der Waals surface area contributed by atoms with Crippen LogP contribution < -0.4 is 10.1 Å². The molecule has 1 N–H and O–H groups in total. The summed E-state index contributed by atoms with van der Waals surface area (Å²) in [5.41, 5.74) is 2.01. The number of hydrogen-bond acceptors (Lipinski definition) is 3. The predicted octanol–water partition coefficient (Wildman–Crippen LogP) is 3.55. The largest absolute Gasteiger partial charge is 0.487 e. The van der Waals surface area contributed by atoms with Crippen molar-refractivity contribution >= 4 is 0 Å². The number of ether oxygens (including phenoxy) is 1. The van der Waals surface area contributed by atoms with E-state index < -0.39 is 0 Å². The van der Waals surface area contributed by atoms with Gasteiger partial charge in [0.2, 0.25) is 0 Å². The molecule has 112 valence electrons. The molecular weight excluding hydrogens is 267 g/mol. The Morgan fingerprint density at radius 1 is 1.14 bits per heavy atom. The summed E-state index contributed by atoms with van der Waals surface area (Å²) in [4.78, 5) is 4.37. The van der Waals surface area contributed by atoms with Gasteiger partial charge in [-0.3, -0.25) is 4.98 Å². The monoisotopic (exact) mass is 288 g/mol. The van der Waals surface area contributed by atoms with Crippen LogP contribution >= 0.6 is 0 Å². The van der Waals surface area contributed by atoms with Crippen LogP contribution in [0.1, 0.15) is 25.1 Å². The van der Waals surface area contributed by atoms with E-state index in [0.29, 0.717) is 18.3 Å². The number of rotatable bonds is 7. The van der Waals surface area contributed by atoms with Crippen LogP contribution in [0.3, 0.4) is 0 Å². The van der Waals surface area contributed by atoms with E-state index in [2.05, 4.69) is 24.1 Å². The molecule has 1 aromatic carbocycles. The van der Waals surface area contributed by atoms with E-state index in [1.165, 1.54) is 12.1 Å². The molecule has 1 heterocycles. The Hall–Kier alpha value is -1.94. The van der Waals surface area contributed by atoms with Gasteiger partial charge in [-0.2, -0.15) is 0 Å². The number of pyridine rings is 1. The normalized spacial score (nSPS) is 10.9. The lowest BCUT2D eigenvalue weighted by Crippen LogP contribution is -2.19. The van der Waals surface area contributed by atoms with Gasteiger partial charge < -0.3 is 10.1 Å². The fourth-order valence-corrected chi connectivity index (χ4v) is 1.84. The van der Waals surface area contributed by atoms with E-state index in [1.54, 1.807) is 12.1 Å². The molecule has 0 aliphatic carbocycles. The van der Waals surface area contributed by atoms with E-state index >= 15 is 0 Å². The number of benzene rings is 1. The van der Waals surface area contributed by atoms with Crippen molar-refractivity contribution in [2.45, 2.75) is 27.0 Å². The summed E-state index contributed by atoms with van der Waals surface area (Å²) < 4.78 is 18.3. The summed E-state index contributed by atoms with van der Waals surface area (Å²) in [5.74, 6) is 1.01. The molecule has 0 radical (unpaired) electrons. The van der Waals surface area contributed by atoms with Crippen molar-refractivity contribution < 1.29 is 9.13 Å². The van der Waals surface area contributed by atoms with E-state index in [1.807, 2.05) is 18.3 Å². The van der Waals surface area contributed by atoms with E-state index in [9.17, 15) is 4.39 Å². The fraction of sp³-hybridized carbons (Fsp3) is 0.353. The highest BCUT2D eigenvalue weighted by atomic mass is 19.1. The van der Waals surface area contributed by atoms with Crippen molar-refractivity contribution in [3.63, 3.8) is 0 Å². The van der Waals surface area contributed by atoms with Crippen molar-refractivity contribution in [2.24, 2.45) is 5.92 Å². The Bertz CT molecular complexity index is 538. The highest BCUT2D eigenvalue weighted by Gasteiger charge is 2.00. The van der Waals surface area contributed by atoms with E-state index in [4.69, 9.17) is 4.74 Å². The highest BCUT2D eigenvalue weighted by Crippen LogP contribution is 2.13. The van der Waals surface area contributed by atoms with Crippen LogP contribution in [0.4, 0.5) is 4.39 Å². The summed E-state index contributed by atoms with van der Waals surface area (Å²) >= 11 is 0. The first-order valence-electron chi connectivity index (χ1n) is 7.16. The second-order valence-corrected chi connectivity index (χ2v) is 5.43. The SMILES string of the molecule is CC(C)CNCc1ccc(COc2ccc(F)cc2)nc1. The van der Waals surface area contributed by atoms with Crippen LogP contribution in [0.15, 0.2) is 42.6 Å². The molecule has 0 fully saturated rings. The molecule has 21 heavy (non-hydrogen) atoms. The molecule has 0 amide bonds. The molecule has 0 atom stereocenters. The predicted molar refractivity (Wildman–Crippen MR) is 81.5 cm³/mol. The number of aromatic nitrogens is 1. The first-order chi connectivity index (χ1) is 10.1. The number of hydrogen-bond donors (Lipinski definition) is 1. The molecule has 1 aromatic heterocycles. The number of halogens is 1. The smallest absolute Gasteiger partial charge is 0.130 e. The second kappa shape index (κ2) is 7.74. The molecule has 0 aliphatic heterocycles. The van der Waals surface area contributed by atoms with Gasteiger partial charge >= 0.3 is 0 Å². The maximum absolute atomic E-state index is 12.8. The van der Waals surface area contributed by atoms with Gasteiger partial charge in [0.1, 0.15) is 18.2 Å². The minimum Gasteiger partial charge on any atom is -0.487 e. The first-order valence-corrected chi connectivity index (χ1v) is 7.16. The zero-order valence-corrected chi connectivity index (χ0v) is 12.5. The summed E-state index contributed by atoms with van der Waals surface area (Å²) in [6.07, 6.45) is 1.86. The van der Waals surface area contributed by atoms with E-state index in [0.717, 1.165) is 24.3 Å². The lowest BCUT2D eigenvalue weighted by Gasteiger charge is -2.08. The summed E-state index contributed by atoms with van der Waals surface area (Å²) in [7, 11) is 0. The topological polar surface area (TPSA) is 34.1 Å². The van der Waals surface area contributed by atoms with Gasteiger partial charge in [-0.15, -0.1) is 0 Å². The number of nitrogens with one attached hydrogen (secondary N) is 1. The zero-order valence-electron chi connectivity index (χ0n) is 12.5. The number of nitrogens with zero attached hydrogens (tertiary/aromatic N) is 1. The lowest BCUT2D eigenvalue weighted by molar-refractivity contribution is 0.301. The van der Waals surface area contributed by atoms with Gasteiger partial charge in [-0.1, -0.05) is 19.9 Å². The third-order valence-electron chi connectivity index (χ3n) is 2.97. The van der Waals surface area contributed by atoms with Crippen LogP contribution in [0.25, 0.3) is 0 Å². The van der Waals surface area contributed by atoms with Gasteiger partial charge in [0.05, 0.1) is 5.69 Å². The van der Waals surface area contributed by atoms with Crippen LogP contribution in [0, 0.1) is 11.7 Å².